The lowest BCUT2D eigenvalue weighted by atomic mass is 10.3. The Morgan fingerprint density at radius 3 is 1.09 bits per heavy atom. The highest BCUT2D eigenvalue weighted by Gasteiger charge is 2.69. The van der Waals surface area contributed by atoms with Gasteiger partial charge in [0.15, 0.2) is 5.25 Å². The maximum Gasteiger partial charge on any atom is 0.673 e. The summed E-state index contributed by atoms with van der Waals surface area (Å²) in [5, 5.41) is 3.21. The van der Waals surface area contributed by atoms with Crippen molar-refractivity contribution in [3.63, 3.8) is 0 Å². The van der Waals surface area contributed by atoms with Gasteiger partial charge >= 0.3 is 7.25 Å². The van der Waals surface area contributed by atoms with Crippen LogP contribution in [0.3, 0.4) is 0 Å². The summed E-state index contributed by atoms with van der Waals surface area (Å²) in [5.41, 5.74) is 0. The lowest BCUT2D eigenvalue weighted by Gasteiger charge is -2.16. The van der Waals surface area contributed by atoms with Crippen molar-refractivity contribution in [1.29, 1.82) is 0 Å². The molecule has 0 amide bonds. The summed E-state index contributed by atoms with van der Waals surface area (Å²) in [6.07, 6.45) is 0. The first-order valence-electron chi connectivity index (χ1n) is 7.57. The maximum atomic E-state index is 9.75. The van der Waals surface area contributed by atoms with Crippen molar-refractivity contribution in [2.24, 2.45) is 0 Å². The number of halogens is 4. The van der Waals surface area contributed by atoms with E-state index in [9.17, 15) is 17.3 Å². The van der Waals surface area contributed by atoms with E-state index >= 15 is 0 Å². The molecule has 1 saturated carbocycles. The monoisotopic (exact) mass is 392 g/mol. The number of hydrogen-bond donors (Lipinski definition) is 0. The van der Waals surface area contributed by atoms with Gasteiger partial charge in [-0.15, -0.1) is 0 Å². The summed E-state index contributed by atoms with van der Waals surface area (Å²) >= 11 is 6.38. The molecule has 23 heavy (non-hydrogen) atoms. The van der Waals surface area contributed by atoms with Crippen molar-refractivity contribution in [3.05, 3.63) is 5.25 Å². The van der Waals surface area contributed by atoms with Crippen molar-refractivity contribution in [2.45, 2.75) is 87.1 Å². The van der Waals surface area contributed by atoms with Crippen LogP contribution in [-0.4, -0.2) is 32.0 Å². The third-order valence-electron chi connectivity index (χ3n) is 2.11. The molecule has 0 N–H and O–H groups in total. The summed E-state index contributed by atoms with van der Waals surface area (Å²) in [6, 6.07) is 0. The Balaban J connectivity index is 0.000000841. The average molecular weight is 392 g/mol. The molecular weight excluding hydrogens is 363 g/mol. The second-order valence-corrected chi connectivity index (χ2v) is 14.3. The van der Waals surface area contributed by atoms with Gasteiger partial charge in [-0.05, 0) is 20.8 Å². The minimum atomic E-state index is -6.00. The van der Waals surface area contributed by atoms with Gasteiger partial charge in [-0.25, -0.2) is 0 Å². The van der Waals surface area contributed by atoms with Crippen LogP contribution < -0.4 is 0 Å². The van der Waals surface area contributed by atoms with Crippen LogP contribution in [0.1, 0.15) is 62.3 Å². The van der Waals surface area contributed by atoms with E-state index in [2.05, 4.69) is 97.6 Å². The molecule has 138 valence electrons. The predicted molar refractivity (Wildman–Crippen MR) is 103 cm³/mol. The summed E-state index contributed by atoms with van der Waals surface area (Å²) < 4.78 is 40.1. The van der Waals surface area contributed by atoms with Crippen molar-refractivity contribution >= 4 is 42.5 Å². The molecule has 0 aliphatic heterocycles. The van der Waals surface area contributed by atoms with Gasteiger partial charge in [0.05, 0.1) is 16.5 Å². The van der Waals surface area contributed by atoms with Crippen molar-refractivity contribution in [3.8, 4) is 0 Å². The first kappa shape index (κ1) is 23.7. The fourth-order valence-corrected chi connectivity index (χ4v) is 6.41. The molecule has 0 aromatic heterocycles. The molecule has 0 nitrogen and oxygen atoms in total. The number of hydrogen-bond acceptors (Lipinski definition) is 3. The normalized spacial score (nSPS) is 22.6. The van der Waals surface area contributed by atoms with E-state index in [1.807, 2.05) is 0 Å². The predicted octanol–water partition coefficient (Wildman–Crippen LogP) is 7.16. The second-order valence-electron chi connectivity index (χ2n) is 8.41. The fraction of sp³-hybridized carbons (Fsp3) is 0.933. The zero-order chi connectivity index (χ0) is 18.9. The Kier molecular flexibility index (Phi) is 8.18. The molecule has 1 aliphatic rings. The second kappa shape index (κ2) is 7.94. The van der Waals surface area contributed by atoms with Crippen molar-refractivity contribution in [1.82, 2.24) is 0 Å². The lowest BCUT2D eigenvalue weighted by molar-refractivity contribution is 0.368. The molecule has 8 heteroatoms. The molecule has 1 rings (SSSR count). The van der Waals surface area contributed by atoms with Crippen LogP contribution >= 0.6 is 35.3 Å². The first-order chi connectivity index (χ1) is 9.79. The van der Waals surface area contributed by atoms with E-state index in [0.29, 0.717) is 14.2 Å². The Labute approximate surface area is 152 Å². The topological polar surface area (TPSA) is 0 Å². The number of thioether (sulfide) groups is 3. The molecule has 2 atom stereocenters. The summed E-state index contributed by atoms with van der Waals surface area (Å²) in [6.45, 7) is 20.9. The van der Waals surface area contributed by atoms with Crippen LogP contribution in [0.15, 0.2) is 0 Å². The van der Waals surface area contributed by atoms with E-state index < -0.39 is 7.25 Å². The summed E-state index contributed by atoms with van der Waals surface area (Å²) in [4.78, 5) is 0. The Morgan fingerprint density at radius 2 is 0.913 bits per heavy atom. The molecule has 0 saturated heterocycles. The average Bonchev–Trinajstić information content (AvgIpc) is 2.66. The third-order valence-corrected chi connectivity index (χ3v) is 6.91. The molecule has 1 aliphatic carbocycles. The fourth-order valence-electron chi connectivity index (χ4n) is 1.67. The Morgan fingerprint density at radius 1 is 0.652 bits per heavy atom. The van der Waals surface area contributed by atoms with Gasteiger partial charge in [-0.1, -0.05) is 65.1 Å². The van der Waals surface area contributed by atoms with Gasteiger partial charge in [0.1, 0.15) is 0 Å². The largest absolute Gasteiger partial charge is 0.673 e. The molecule has 0 aromatic carbocycles. The van der Waals surface area contributed by atoms with Crippen LogP contribution in [0, 0.1) is 5.25 Å². The standard InChI is InChI=1S/C15H29S3.BF4/c1-13(2,3)16-10-11(17-14(4,5)6)12(10)18-15(7,8)9;2-1(3,4)5/h10-11H,1-9H3;/q+1;-1. The van der Waals surface area contributed by atoms with Gasteiger partial charge in [0, 0.05) is 9.49 Å². The molecule has 2 unspecified atom stereocenters. The van der Waals surface area contributed by atoms with Crippen molar-refractivity contribution in [2.75, 3.05) is 0 Å². The highest BCUT2D eigenvalue weighted by atomic mass is 32.2. The molecule has 0 bridgehead atoms. The Hall–Kier alpha value is 0.705. The molecule has 1 fully saturated rings. The van der Waals surface area contributed by atoms with Crippen LogP contribution in [0.5, 0.6) is 0 Å². The van der Waals surface area contributed by atoms with E-state index in [4.69, 9.17) is 0 Å². The highest BCUT2D eigenvalue weighted by Crippen LogP contribution is 2.64. The van der Waals surface area contributed by atoms with Gasteiger partial charge in [-0.2, -0.15) is 0 Å². The van der Waals surface area contributed by atoms with Gasteiger partial charge in [0.2, 0.25) is 10.5 Å². The first-order valence-corrected chi connectivity index (χ1v) is 10.1. The van der Waals surface area contributed by atoms with E-state index in [-0.39, 0.29) is 0 Å². The maximum absolute atomic E-state index is 9.75. The molecule has 0 radical (unpaired) electrons. The van der Waals surface area contributed by atoms with Gasteiger partial charge < -0.3 is 17.3 Å². The quantitative estimate of drug-likeness (QED) is 0.284. The van der Waals surface area contributed by atoms with Crippen molar-refractivity contribution < 1.29 is 17.3 Å². The molecule has 0 aromatic rings. The minimum absolute atomic E-state index is 0.346. The SMILES string of the molecule is CC(C)(C)S[C+]1C(SC(C)(C)C)C1SC(C)(C)C.F[B-](F)(F)F. The van der Waals surface area contributed by atoms with Crippen LogP contribution in [0.4, 0.5) is 17.3 Å². The molecule has 0 heterocycles. The lowest BCUT2D eigenvalue weighted by Crippen LogP contribution is -2.12. The van der Waals surface area contributed by atoms with Gasteiger partial charge in [0.25, 0.3) is 0 Å². The van der Waals surface area contributed by atoms with Crippen LogP contribution in [0.2, 0.25) is 0 Å². The summed E-state index contributed by atoms with van der Waals surface area (Å²) in [5.74, 6) is 0. The van der Waals surface area contributed by atoms with Gasteiger partial charge in [-0.3, -0.25) is 0 Å². The van der Waals surface area contributed by atoms with Crippen LogP contribution in [-0.2, 0) is 0 Å². The Bertz CT molecular complexity index is 307. The van der Waals surface area contributed by atoms with Crippen LogP contribution in [0.25, 0.3) is 0 Å². The molecule has 0 spiro atoms. The zero-order valence-electron chi connectivity index (χ0n) is 15.5. The minimum Gasteiger partial charge on any atom is -0.418 e. The molecular formula is C15H29BF4S3. The zero-order valence-corrected chi connectivity index (χ0v) is 17.9. The smallest absolute Gasteiger partial charge is 0.418 e. The number of rotatable bonds is 3. The van der Waals surface area contributed by atoms with E-state index in [1.54, 1.807) is 5.25 Å². The highest BCUT2D eigenvalue weighted by molar-refractivity contribution is 8.12. The summed E-state index contributed by atoms with van der Waals surface area (Å²) in [7, 11) is -6.00. The third kappa shape index (κ3) is 14.7. The van der Waals surface area contributed by atoms with E-state index in [1.165, 1.54) is 0 Å². The van der Waals surface area contributed by atoms with E-state index in [0.717, 1.165) is 10.5 Å².